The second-order valence-corrected chi connectivity index (χ2v) is 10.4. The lowest BCUT2D eigenvalue weighted by Gasteiger charge is -2.53. The van der Waals surface area contributed by atoms with Gasteiger partial charge in [0.25, 0.3) is 0 Å². The number of hydrogen-bond acceptors (Lipinski definition) is 8. The first-order valence-electron chi connectivity index (χ1n) is 12.8. The second kappa shape index (κ2) is 10.2. The first kappa shape index (κ1) is 24.8. The molecule has 2 fully saturated rings. The second-order valence-electron chi connectivity index (χ2n) is 10.4. The molecule has 1 spiro atoms. The maximum absolute atomic E-state index is 10.1. The first-order valence-corrected chi connectivity index (χ1v) is 12.8. The Hall–Kier alpha value is -2.88. The van der Waals surface area contributed by atoms with E-state index in [0.29, 0.717) is 29.4 Å². The molecule has 0 bridgehead atoms. The zero-order valence-electron chi connectivity index (χ0n) is 21.7. The van der Waals surface area contributed by atoms with Crippen molar-refractivity contribution >= 4 is 11.5 Å². The van der Waals surface area contributed by atoms with Crippen molar-refractivity contribution in [2.45, 2.75) is 38.7 Å². The Morgan fingerprint density at radius 2 is 1.89 bits per heavy atom. The Bertz CT molecular complexity index is 1200. The van der Waals surface area contributed by atoms with Gasteiger partial charge in [0.1, 0.15) is 30.0 Å². The molecule has 2 aliphatic heterocycles. The molecule has 2 saturated heterocycles. The molecule has 1 unspecified atom stereocenters. The van der Waals surface area contributed by atoms with Gasteiger partial charge in [-0.15, -0.1) is 0 Å². The van der Waals surface area contributed by atoms with Crippen LogP contribution in [0.4, 0.5) is 5.82 Å². The number of fused-ring (bicyclic) bond motifs is 1. The van der Waals surface area contributed by atoms with E-state index in [1.54, 1.807) is 14.2 Å². The summed E-state index contributed by atoms with van der Waals surface area (Å²) in [4.78, 5) is 7.47. The van der Waals surface area contributed by atoms with Crippen LogP contribution in [0.25, 0.3) is 16.9 Å². The molecule has 2 aromatic heterocycles. The van der Waals surface area contributed by atoms with Crippen molar-refractivity contribution < 1.29 is 19.3 Å². The summed E-state index contributed by atoms with van der Waals surface area (Å²) in [6.45, 7) is 8.67. The van der Waals surface area contributed by atoms with E-state index in [2.05, 4.69) is 30.1 Å². The number of aliphatic hydroxyl groups excluding tert-OH is 1. The van der Waals surface area contributed by atoms with E-state index in [4.69, 9.17) is 24.3 Å². The lowest BCUT2D eigenvalue weighted by molar-refractivity contribution is -0.000578. The van der Waals surface area contributed by atoms with Gasteiger partial charge in [-0.2, -0.15) is 9.61 Å². The van der Waals surface area contributed by atoms with Crippen molar-refractivity contribution in [1.29, 1.82) is 0 Å². The lowest BCUT2D eigenvalue weighted by atomic mass is 9.73. The van der Waals surface area contributed by atoms with Crippen LogP contribution in [-0.2, 0) is 4.74 Å². The van der Waals surface area contributed by atoms with E-state index >= 15 is 0 Å². The molecule has 9 heteroatoms. The van der Waals surface area contributed by atoms with Crippen molar-refractivity contribution in [2.75, 3.05) is 58.5 Å². The van der Waals surface area contributed by atoms with E-state index in [-0.39, 0.29) is 6.61 Å². The van der Waals surface area contributed by atoms with Gasteiger partial charge < -0.3 is 29.5 Å². The molecular formula is C27H37N5O4. The molecule has 2 N–H and O–H groups in total. The number of nitrogens with zero attached hydrogens (tertiary/aromatic N) is 4. The molecule has 0 amide bonds. The normalized spacial score (nSPS) is 18.0. The third-order valence-corrected chi connectivity index (χ3v) is 7.33. The van der Waals surface area contributed by atoms with Crippen molar-refractivity contribution in [3.63, 3.8) is 0 Å². The van der Waals surface area contributed by atoms with Crippen molar-refractivity contribution in [3.8, 4) is 22.8 Å². The molecule has 2 aliphatic rings. The average molecular weight is 496 g/mol. The number of anilines is 1. The Morgan fingerprint density at radius 1 is 1.14 bits per heavy atom. The van der Waals surface area contributed by atoms with Crippen molar-refractivity contribution in [1.82, 2.24) is 19.9 Å². The summed E-state index contributed by atoms with van der Waals surface area (Å²) in [6.07, 6.45) is 3.55. The van der Waals surface area contributed by atoms with Crippen LogP contribution in [0.1, 0.15) is 38.2 Å². The van der Waals surface area contributed by atoms with Gasteiger partial charge in [0.05, 0.1) is 19.0 Å². The third-order valence-electron chi connectivity index (χ3n) is 7.33. The predicted octanol–water partition coefficient (Wildman–Crippen LogP) is 3.10. The van der Waals surface area contributed by atoms with Crippen LogP contribution < -0.4 is 19.7 Å². The number of aliphatic hydroxyl groups is 1. The number of ether oxygens (including phenoxy) is 3. The molecule has 36 heavy (non-hydrogen) atoms. The molecule has 194 valence electrons. The van der Waals surface area contributed by atoms with Crippen molar-refractivity contribution in [3.05, 3.63) is 36.0 Å². The Morgan fingerprint density at radius 3 is 2.58 bits per heavy atom. The summed E-state index contributed by atoms with van der Waals surface area (Å²) >= 11 is 0. The minimum atomic E-state index is -0.602. The quantitative estimate of drug-likeness (QED) is 0.468. The van der Waals surface area contributed by atoms with Gasteiger partial charge in [-0.25, -0.2) is 4.98 Å². The Balaban J connectivity index is 1.52. The number of methoxy groups -OCH3 is 1. The molecule has 0 radical (unpaired) electrons. The standard InChI is InChI=1S/C27H37N5O4/c1-18(2)23-14-29-32-25(31-16-27(17-31)5-7-35-8-6-27)12-24(30-26(23)32)19-9-21(34-4)11-22(10-19)36-15-20(33)13-28-3/h9-12,14,18,20,28,33H,5-8,13,15-17H2,1-4H3. The fourth-order valence-corrected chi connectivity index (χ4v) is 5.20. The van der Waals surface area contributed by atoms with Gasteiger partial charge in [0, 0.05) is 61.5 Å². The van der Waals surface area contributed by atoms with E-state index in [9.17, 15) is 5.11 Å². The van der Waals surface area contributed by atoms with Gasteiger partial charge in [0.2, 0.25) is 0 Å². The highest BCUT2D eigenvalue weighted by Crippen LogP contribution is 2.43. The number of nitrogens with one attached hydrogen (secondary N) is 1. The first-order chi connectivity index (χ1) is 17.4. The zero-order chi connectivity index (χ0) is 25.3. The van der Waals surface area contributed by atoms with E-state index in [1.165, 1.54) is 0 Å². The largest absolute Gasteiger partial charge is 0.497 e. The highest BCUT2D eigenvalue weighted by atomic mass is 16.5. The third kappa shape index (κ3) is 4.87. The molecule has 5 rings (SSSR count). The van der Waals surface area contributed by atoms with Gasteiger partial charge in [-0.05, 0) is 37.9 Å². The zero-order valence-corrected chi connectivity index (χ0v) is 21.7. The number of hydrogen-bond donors (Lipinski definition) is 2. The van der Waals surface area contributed by atoms with Crippen LogP contribution in [0, 0.1) is 5.41 Å². The highest BCUT2D eigenvalue weighted by Gasteiger charge is 2.44. The summed E-state index contributed by atoms with van der Waals surface area (Å²) in [5, 5.41) is 17.8. The predicted molar refractivity (Wildman–Crippen MR) is 139 cm³/mol. The smallest absolute Gasteiger partial charge is 0.161 e. The summed E-state index contributed by atoms with van der Waals surface area (Å²) in [5.74, 6) is 2.66. The molecule has 3 aromatic rings. The van der Waals surface area contributed by atoms with Crippen LogP contribution in [0.3, 0.4) is 0 Å². The fourth-order valence-electron chi connectivity index (χ4n) is 5.20. The minimum absolute atomic E-state index is 0.185. The van der Waals surface area contributed by atoms with Crippen LogP contribution in [0.5, 0.6) is 11.5 Å². The Kier molecular flexibility index (Phi) is 7.05. The molecule has 1 atom stereocenters. The minimum Gasteiger partial charge on any atom is -0.497 e. The molecule has 9 nitrogen and oxygen atoms in total. The van der Waals surface area contributed by atoms with E-state index in [0.717, 1.165) is 67.4 Å². The number of aromatic nitrogens is 3. The van der Waals surface area contributed by atoms with E-state index in [1.807, 2.05) is 28.9 Å². The summed E-state index contributed by atoms with van der Waals surface area (Å²) in [6, 6.07) is 7.88. The Labute approximate surface area is 212 Å². The van der Waals surface area contributed by atoms with Gasteiger partial charge in [-0.3, -0.25) is 0 Å². The van der Waals surface area contributed by atoms with E-state index < -0.39 is 6.10 Å². The summed E-state index contributed by atoms with van der Waals surface area (Å²) in [7, 11) is 3.44. The molecule has 0 saturated carbocycles. The monoisotopic (exact) mass is 495 g/mol. The van der Waals surface area contributed by atoms with Crippen LogP contribution in [-0.4, -0.2) is 79.4 Å². The summed E-state index contributed by atoms with van der Waals surface area (Å²) in [5.41, 5.74) is 4.07. The number of benzene rings is 1. The van der Waals surface area contributed by atoms with Crippen molar-refractivity contribution in [2.24, 2.45) is 5.41 Å². The van der Waals surface area contributed by atoms with Gasteiger partial charge >= 0.3 is 0 Å². The van der Waals surface area contributed by atoms with Crippen LogP contribution >= 0.6 is 0 Å². The fraction of sp³-hybridized carbons (Fsp3) is 0.556. The lowest BCUT2D eigenvalue weighted by Crippen LogP contribution is -2.59. The molecule has 0 aliphatic carbocycles. The maximum Gasteiger partial charge on any atom is 0.161 e. The molecule has 1 aromatic carbocycles. The van der Waals surface area contributed by atoms with Gasteiger partial charge in [0.15, 0.2) is 5.65 Å². The van der Waals surface area contributed by atoms with Crippen LogP contribution in [0.15, 0.2) is 30.5 Å². The van der Waals surface area contributed by atoms with Gasteiger partial charge in [-0.1, -0.05) is 13.8 Å². The molecular weight excluding hydrogens is 458 g/mol. The average Bonchev–Trinajstić information content (AvgIpc) is 3.30. The highest BCUT2D eigenvalue weighted by molar-refractivity contribution is 5.71. The number of likely N-dealkylation sites (N-methyl/N-ethyl adjacent to an activating group) is 1. The SMILES string of the molecule is CNCC(O)COc1cc(OC)cc(-c2cc(N3CC4(CCOCC4)C3)n3ncc(C(C)C)c3n2)c1. The maximum atomic E-state index is 10.1. The van der Waals surface area contributed by atoms with Crippen LogP contribution in [0.2, 0.25) is 0 Å². The molecule has 4 heterocycles. The topological polar surface area (TPSA) is 93.4 Å². The summed E-state index contributed by atoms with van der Waals surface area (Å²) < 4.78 is 19.1. The number of rotatable bonds is 9.